The zero-order chi connectivity index (χ0) is 24.4. The normalized spacial score (nSPS) is 16.6. The Bertz CT molecular complexity index is 1360. The highest BCUT2D eigenvalue weighted by molar-refractivity contribution is 6.32. The summed E-state index contributed by atoms with van der Waals surface area (Å²) in [5.74, 6) is 1.93. The Balaban J connectivity index is 1.39. The number of hydrogen-bond acceptors (Lipinski definition) is 5. The topological polar surface area (TPSA) is 76.8 Å². The van der Waals surface area contributed by atoms with Crippen LogP contribution >= 0.6 is 11.6 Å². The van der Waals surface area contributed by atoms with Crippen molar-refractivity contribution in [2.24, 2.45) is 0 Å². The van der Waals surface area contributed by atoms with Crippen molar-refractivity contribution in [3.8, 4) is 11.5 Å². The number of nitrogens with zero attached hydrogens (tertiary/aromatic N) is 3. The van der Waals surface area contributed by atoms with Crippen molar-refractivity contribution in [2.75, 3.05) is 25.2 Å². The summed E-state index contributed by atoms with van der Waals surface area (Å²) in [6, 6.07) is 22.5. The maximum atomic E-state index is 13.0. The first-order valence-electron chi connectivity index (χ1n) is 11.5. The lowest BCUT2D eigenvalue weighted by Crippen LogP contribution is -2.26. The molecule has 7 nitrogen and oxygen atoms in total. The predicted octanol–water partition coefficient (Wildman–Crippen LogP) is 4.66. The van der Waals surface area contributed by atoms with E-state index in [1.807, 2.05) is 65.2 Å². The molecule has 0 saturated carbocycles. The zero-order valence-corrected chi connectivity index (χ0v) is 20.1. The Labute approximate surface area is 208 Å². The first kappa shape index (κ1) is 23.2. The third kappa shape index (κ3) is 4.83. The van der Waals surface area contributed by atoms with Gasteiger partial charge in [0.05, 0.1) is 29.7 Å². The number of rotatable bonds is 8. The number of aromatic nitrogens is 2. The van der Waals surface area contributed by atoms with E-state index in [-0.39, 0.29) is 25.0 Å². The number of para-hydroxylation sites is 3. The summed E-state index contributed by atoms with van der Waals surface area (Å²) in [7, 11) is 1.61. The Morgan fingerprint density at radius 2 is 1.91 bits per heavy atom. The van der Waals surface area contributed by atoms with Gasteiger partial charge in [0, 0.05) is 30.6 Å². The van der Waals surface area contributed by atoms with Crippen LogP contribution in [0.2, 0.25) is 5.02 Å². The van der Waals surface area contributed by atoms with Crippen molar-refractivity contribution < 1.29 is 19.4 Å². The number of aliphatic hydroxyl groups excluding tert-OH is 1. The second-order valence-corrected chi connectivity index (χ2v) is 8.98. The second kappa shape index (κ2) is 9.98. The molecule has 5 rings (SSSR count). The highest BCUT2D eigenvalue weighted by atomic mass is 35.5. The molecule has 2 heterocycles. The average molecular weight is 492 g/mol. The third-order valence-electron chi connectivity index (χ3n) is 6.20. The van der Waals surface area contributed by atoms with E-state index < -0.39 is 6.10 Å². The van der Waals surface area contributed by atoms with E-state index in [4.69, 9.17) is 26.1 Å². The molecule has 2 unspecified atom stereocenters. The number of fused-ring (bicyclic) bond motifs is 1. The summed E-state index contributed by atoms with van der Waals surface area (Å²) in [6.45, 7) is 0.862. The molecule has 1 fully saturated rings. The number of benzene rings is 3. The van der Waals surface area contributed by atoms with E-state index in [0.717, 1.165) is 22.5 Å². The Morgan fingerprint density at radius 3 is 2.74 bits per heavy atom. The molecule has 0 radical (unpaired) electrons. The fourth-order valence-electron chi connectivity index (χ4n) is 4.52. The van der Waals surface area contributed by atoms with Gasteiger partial charge in [-0.2, -0.15) is 0 Å². The quantitative estimate of drug-likeness (QED) is 0.388. The van der Waals surface area contributed by atoms with Crippen LogP contribution in [-0.2, 0) is 11.3 Å². The SMILES string of the molecule is COc1cccc(N2CC(c3nc4ccccc4n3CC(O)COc3ccccc3Cl)CC2=O)c1. The van der Waals surface area contributed by atoms with E-state index in [1.54, 1.807) is 24.1 Å². The van der Waals surface area contributed by atoms with Crippen LogP contribution in [0.4, 0.5) is 5.69 Å². The number of imidazole rings is 1. The number of aliphatic hydroxyl groups is 1. The minimum absolute atomic E-state index is 0.0319. The van der Waals surface area contributed by atoms with Crippen molar-refractivity contribution in [1.82, 2.24) is 9.55 Å². The zero-order valence-electron chi connectivity index (χ0n) is 19.3. The van der Waals surface area contributed by atoms with Gasteiger partial charge in [-0.1, -0.05) is 41.9 Å². The number of amides is 1. The largest absolute Gasteiger partial charge is 0.497 e. The molecule has 1 aliphatic heterocycles. The first-order valence-corrected chi connectivity index (χ1v) is 11.9. The van der Waals surface area contributed by atoms with Crippen LogP contribution in [0, 0.1) is 0 Å². The van der Waals surface area contributed by atoms with Gasteiger partial charge in [-0.25, -0.2) is 4.98 Å². The van der Waals surface area contributed by atoms with Crippen LogP contribution < -0.4 is 14.4 Å². The summed E-state index contributed by atoms with van der Waals surface area (Å²) in [4.78, 5) is 19.6. The lowest BCUT2D eigenvalue weighted by molar-refractivity contribution is -0.117. The van der Waals surface area contributed by atoms with Crippen molar-refractivity contribution in [3.63, 3.8) is 0 Å². The van der Waals surface area contributed by atoms with Gasteiger partial charge in [-0.15, -0.1) is 0 Å². The Hall–Kier alpha value is -3.55. The summed E-state index contributed by atoms with van der Waals surface area (Å²) >= 11 is 6.17. The molecule has 8 heteroatoms. The van der Waals surface area contributed by atoms with Crippen LogP contribution in [0.1, 0.15) is 18.2 Å². The lowest BCUT2D eigenvalue weighted by atomic mass is 10.1. The summed E-state index contributed by atoms with van der Waals surface area (Å²) < 4.78 is 13.1. The third-order valence-corrected chi connectivity index (χ3v) is 6.51. The molecular formula is C27H26ClN3O4. The van der Waals surface area contributed by atoms with E-state index in [0.29, 0.717) is 29.5 Å². The molecule has 1 aromatic heterocycles. The van der Waals surface area contributed by atoms with Crippen LogP contribution in [0.15, 0.2) is 72.8 Å². The van der Waals surface area contributed by atoms with Gasteiger partial charge in [-0.05, 0) is 36.4 Å². The summed E-state index contributed by atoms with van der Waals surface area (Å²) in [6.07, 6.45) is -0.457. The summed E-state index contributed by atoms with van der Waals surface area (Å²) in [5.41, 5.74) is 2.54. The number of carbonyl (C=O) groups is 1. The molecule has 1 aliphatic rings. The fraction of sp³-hybridized carbons (Fsp3) is 0.259. The number of ether oxygens (including phenoxy) is 2. The van der Waals surface area contributed by atoms with Crippen molar-refractivity contribution >= 4 is 34.2 Å². The van der Waals surface area contributed by atoms with Crippen LogP contribution in [-0.4, -0.2) is 46.9 Å². The molecule has 35 heavy (non-hydrogen) atoms. The first-order chi connectivity index (χ1) is 17.0. The molecule has 1 amide bonds. The molecule has 3 aromatic carbocycles. The molecule has 1 N–H and O–H groups in total. The van der Waals surface area contributed by atoms with E-state index in [9.17, 15) is 9.90 Å². The van der Waals surface area contributed by atoms with E-state index >= 15 is 0 Å². The molecule has 2 atom stereocenters. The molecule has 4 aromatic rings. The molecule has 0 aliphatic carbocycles. The van der Waals surface area contributed by atoms with Gasteiger partial charge in [0.1, 0.15) is 30.0 Å². The molecular weight excluding hydrogens is 466 g/mol. The Morgan fingerprint density at radius 1 is 1.11 bits per heavy atom. The number of carbonyl (C=O) groups excluding carboxylic acids is 1. The van der Waals surface area contributed by atoms with Gasteiger partial charge < -0.3 is 24.0 Å². The standard InChI is InChI=1S/C27H26ClN3O4/c1-34-21-8-6-7-19(14-21)30-15-18(13-26(30)33)27-29-23-10-3-4-11-24(23)31(27)16-20(32)17-35-25-12-5-2-9-22(25)28/h2-12,14,18,20,32H,13,15-17H2,1H3. The van der Waals surface area contributed by atoms with Crippen LogP contribution in [0.3, 0.4) is 0 Å². The number of anilines is 1. The average Bonchev–Trinajstić information content (AvgIpc) is 3.44. The predicted molar refractivity (Wildman–Crippen MR) is 135 cm³/mol. The van der Waals surface area contributed by atoms with Gasteiger partial charge >= 0.3 is 0 Å². The maximum absolute atomic E-state index is 13.0. The smallest absolute Gasteiger partial charge is 0.227 e. The monoisotopic (exact) mass is 491 g/mol. The highest BCUT2D eigenvalue weighted by Gasteiger charge is 2.35. The summed E-state index contributed by atoms with van der Waals surface area (Å²) in [5, 5.41) is 11.3. The highest BCUT2D eigenvalue weighted by Crippen LogP contribution is 2.34. The fourth-order valence-corrected chi connectivity index (χ4v) is 4.71. The van der Waals surface area contributed by atoms with Gasteiger partial charge in [-0.3, -0.25) is 4.79 Å². The van der Waals surface area contributed by atoms with Gasteiger partial charge in [0.25, 0.3) is 0 Å². The number of halogens is 1. The number of hydrogen-bond donors (Lipinski definition) is 1. The van der Waals surface area contributed by atoms with Gasteiger partial charge in [0.2, 0.25) is 5.91 Å². The van der Waals surface area contributed by atoms with E-state index in [1.165, 1.54) is 0 Å². The molecule has 0 spiro atoms. The van der Waals surface area contributed by atoms with E-state index in [2.05, 4.69) is 0 Å². The molecule has 1 saturated heterocycles. The molecule has 180 valence electrons. The molecule has 0 bridgehead atoms. The second-order valence-electron chi connectivity index (χ2n) is 8.57. The van der Waals surface area contributed by atoms with Crippen molar-refractivity contribution in [3.05, 3.63) is 83.6 Å². The van der Waals surface area contributed by atoms with Crippen LogP contribution in [0.25, 0.3) is 11.0 Å². The minimum Gasteiger partial charge on any atom is -0.497 e. The van der Waals surface area contributed by atoms with Gasteiger partial charge in [0.15, 0.2) is 0 Å². The Kier molecular flexibility index (Phi) is 6.61. The minimum atomic E-state index is -0.797. The van der Waals surface area contributed by atoms with Crippen molar-refractivity contribution in [1.29, 1.82) is 0 Å². The van der Waals surface area contributed by atoms with Crippen LogP contribution in [0.5, 0.6) is 11.5 Å². The maximum Gasteiger partial charge on any atom is 0.227 e. The van der Waals surface area contributed by atoms with Crippen molar-refractivity contribution in [2.45, 2.75) is 25.0 Å². The lowest BCUT2D eigenvalue weighted by Gasteiger charge is -2.19. The number of methoxy groups -OCH3 is 1.